The van der Waals surface area contributed by atoms with Gasteiger partial charge in [0.15, 0.2) is 5.69 Å². The van der Waals surface area contributed by atoms with Crippen LogP contribution < -0.4 is 5.32 Å². The molecule has 2 aromatic rings. The molecule has 0 saturated heterocycles. The smallest absolute Gasteiger partial charge is 0.356 e. The molecule has 0 aliphatic rings. The van der Waals surface area contributed by atoms with E-state index in [9.17, 15) is 9.59 Å². The van der Waals surface area contributed by atoms with Gasteiger partial charge in [-0.15, -0.1) is 0 Å². The lowest BCUT2D eigenvalue weighted by Gasteiger charge is -2.04. The Balaban J connectivity index is 2.82. The molecule has 0 unspecified atom stereocenters. The van der Waals surface area contributed by atoms with Gasteiger partial charge < -0.3 is 14.6 Å². The van der Waals surface area contributed by atoms with Crippen LogP contribution in [0.2, 0.25) is 0 Å². The summed E-state index contributed by atoms with van der Waals surface area (Å²) in [7, 11) is 3.08. The predicted molar refractivity (Wildman–Crippen MR) is 68.7 cm³/mol. The number of methoxy groups -OCH3 is 1. The van der Waals surface area contributed by atoms with Gasteiger partial charge in [-0.25, -0.2) is 4.79 Å². The second-order valence-corrected chi connectivity index (χ2v) is 4.06. The minimum absolute atomic E-state index is 0.338. The number of nitrogens with one attached hydrogen (secondary N) is 1. The summed E-state index contributed by atoms with van der Waals surface area (Å²) in [5.74, 6) is -0.476. The maximum atomic E-state index is 11.8. The minimum atomic E-state index is -0.476. The van der Waals surface area contributed by atoms with Crippen LogP contribution in [0.3, 0.4) is 0 Å². The first-order valence-corrected chi connectivity index (χ1v) is 5.47. The van der Waals surface area contributed by atoms with E-state index in [2.05, 4.69) is 5.32 Å². The van der Waals surface area contributed by atoms with Gasteiger partial charge in [0.2, 0.25) is 6.41 Å². The van der Waals surface area contributed by atoms with Gasteiger partial charge in [0.25, 0.3) is 0 Å². The van der Waals surface area contributed by atoms with E-state index in [-0.39, 0.29) is 0 Å². The molecule has 5 heteroatoms. The molecular formula is C13H14N2O3. The number of benzene rings is 1. The number of carbonyl (C=O) groups is 2. The second kappa shape index (κ2) is 4.52. The average Bonchev–Trinajstić information content (AvgIpc) is 2.62. The van der Waals surface area contributed by atoms with E-state index in [0.29, 0.717) is 17.8 Å². The van der Waals surface area contributed by atoms with Gasteiger partial charge >= 0.3 is 5.97 Å². The van der Waals surface area contributed by atoms with Gasteiger partial charge in [0.1, 0.15) is 0 Å². The van der Waals surface area contributed by atoms with Crippen molar-refractivity contribution in [3.8, 4) is 0 Å². The van der Waals surface area contributed by atoms with Crippen molar-refractivity contribution in [3.05, 3.63) is 29.5 Å². The fraction of sp³-hybridized carbons (Fsp3) is 0.231. The quantitative estimate of drug-likeness (QED) is 0.664. The maximum absolute atomic E-state index is 11.8. The summed E-state index contributed by atoms with van der Waals surface area (Å²) in [6.07, 6.45) is 0.557. The van der Waals surface area contributed by atoms with Crippen LogP contribution in [0.5, 0.6) is 0 Å². The number of hydrogen-bond donors (Lipinski definition) is 1. The van der Waals surface area contributed by atoms with E-state index >= 15 is 0 Å². The van der Waals surface area contributed by atoms with E-state index in [1.54, 1.807) is 11.6 Å². The second-order valence-electron chi connectivity index (χ2n) is 4.06. The molecule has 0 aliphatic carbocycles. The minimum Gasteiger partial charge on any atom is -0.464 e. The van der Waals surface area contributed by atoms with E-state index in [4.69, 9.17) is 4.74 Å². The number of carbonyl (C=O) groups excluding carboxylic acids is 2. The average molecular weight is 246 g/mol. The SMILES string of the molecule is COC(=O)c1c(NC=O)c2ccc(C)cc2n1C. The molecular weight excluding hydrogens is 232 g/mol. The summed E-state index contributed by atoms with van der Waals surface area (Å²) in [5.41, 5.74) is 2.77. The predicted octanol–water partition coefficient (Wildman–Crippen LogP) is 1.84. The summed E-state index contributed by atoms with van der Waals surface area (Å²) >= 11 is 0. The first-order chi connectivity index (χ1) is 8.60. The number of rotatable bonds is 3. The summed E-state index contributed by atoms with van der Waals surface area (Å²) < 4.78 is 6.47. The lowest BCUT2D eigenvalue weighted by atomic mass is 10.1. The Morgan fingerprint density at radius 1 is 1.44 bits per heavy atom. The van der Waals surface area contributed by atoms with Gasteiger partial charge in [-0.1, -0.05) is 12.1 Å². The number of esters is 1. The number of nitrogens with zero attached hydrogens (tertiary/aromatic N) is 1. The van der Waals surface area contributed by atoms with Crippen molar-refractivity contribution < 1.29 is 14.3 Å². The van der Waals surface area contributed by atoms with E-state index < -0.39 is 5.97 Å². The van der Waals surface area contributed by atoms with Crippen LogP contribution in [-0.4, -0.2) is 24.1 Å². The van der Waals surface area contributed by atoms with Gasteiger partial charge in [-0.2, -0.15) is 0 Å². The zero-order valence-electron chi connectivity index (χ0n) is 10.5. The number of amides is 1. The summed E-state index contributed by atoms with van der Waals surface area (Å²) in [4.78, 5) is 22.5. The Bertz CT molecular complexity index is 629. The van der Waals surface area contributed by atoms with E-state index in [0.717, 1.165) is 16.5 Å². The Kier molecular flexibility index (Phi) is 3.06. The van der Waals surface area contributed by atoms with E-state index in [1.807, 2.05) is 25.1 Å². The number of aromatic nitrogens is 1. The molecule has 0 bridgehead atoms. The van der Waals surface area contributed by atoms with Gasteiger partial charge in [-0.3, -0.25) is 4.79 Å². The number of aryl methyl sites for hydroxylation is 2. The number of fused-ring (bicyclic) bond motifs is 1. The molecule has 1 aromatic heterocycles. The zero-order valence-corrected chi connectivity index (χ0v) is 10.5. The highest BCUT2D eigenvalue weighted by Gasteiger charge is 2.21. The highest BCUT2D eigenvalue weighted by Crippen LogP contribution is 2.31. The molecule has 2 rings (SSSR count). The molecule has 0 atom stereocenters. The molecule has 0 radical (unpaired) electrons. The van der Waals surface area contributed by atoms with Crippen molar-refractivity contribution in [1.29, 1.82) is 0 Å². The number of anilines is 1. The molecule has 5 nitrogen and oxygen atoms in total. The van der Waals surface area contributed by atoms with Crippen molar-refractivity contribution in [3.63, 3.8) is 0 Å². The maximum Gasteiger partial charge on any atom is 0.356 e. The molecule has 18 heavy (non-hydrogen) atoms. The van der Waals surface area contributed by atoms with Gasteiger partial charge in [0, 0.05) is 12.4 Å². The molecule has 1 N–H and O–H groups in total. The standard InChI is InChI=1S/C13H14N2O3/c1-8-4-5-9-10(6-8)15(2)12(13(17)18-3)11(9)14-7-16/h4-7H,1-3H3,(H,14,16). The third-order valence-electron chi connectivity index (χ3n) is 2.94. The van der Waals surface area contributed by atoms with Crippen LogP contribution in [0.25, 0.3) is 10.9 Å². The van der Waals surface area contributed by atoms with Crippen molar-refractivity contribution in [2.45, 2.75) is 6.92 Å². The Labute approximate surface area is 104 Å². The lowest BCUT2D eigenvalue weighted by molar-refractivity contribution is -0.105. The lowest BCUT2D eigenvalue weighted by Crippen LogP contribution is -2.10. The fourth-order valence-corrected chi connectivity index (χ4v) is 2.09. The van der Waals surface area contributed by atoms with Crippen LogP contribution in [0, 0.1) is 6.92 Å². The summed E-state index contributed by atoms with van der Waals surface area (Å²) in [6.45, 7) is 1.97. The highest BCUT2D eigenvalue weighted by molar-refractivity contribution is 6.09. The number of hydrogen-bond acceptors (Lipinski definition) is 3. The molecule has 0 saturated carbocycles. The Hall–Kier alpha value is -2.30. The molecule has 0 fully saturated rings. The van der Waals surface area contributed by atoms with Crippen molar-refractivity contribution in [2.75, 3.05) is 12.4 Å². The largest absolute Gasteiger partial charge is 0.464 e. The molecule has 1 aromatic carbocycles. The number of ether oxygens (including phenoxy) is 1. The molecule has 1 amide bonds. The Morgan fingerprint density at radius 2 is 2.17 bits per heavy atom. The third-order valence-corrected chi connectivity index (χ3v) is 2.94. The monoisotopic (exact) mass is 246 g/mol. The fourth-order valence-electron chi connectivity index (χ4n) is 2.09. The molecule has 94 valence electrons. The topological polar surface area (TPSA) is 60.3 Å². The molecule has 0 aliphatic heterocycles. The van der Waals surface area contributed by atoms with Crippen molar-refractivity contribution in [2.24, 2.45) is 7.05 Å². The zero-order chi connectivity index (χ0) is 13.3. The van der Waals surface area contributed by atoms with Crippen molar-refractivity contribution >= 4 is 29.0 Å². The third kappa shape index (κ3) is 1.73. The summed E-state index contributed by atoms with van der Waals surface area (Å²) in [6, 6.07) is 5.76. The normalized spacial score (nSPS) is 10.4. The Morgan fingerprint density at radius 3 is 2.78 bits per heavy atom. The highest BCUT2D eigenvalue weighted by atomic mass is 16.5. The van der Waals surface area contributed by atoms with Gasteiger partial charge in [-0.05, 0) is 18.6 Å². The van der Waals surface area contributed by atoms with Crippen LogP contribution in [0.4, 0.5) is 5.69 Å². The first kappa shape index (κ1) is 12.2. The summed E-state index contributed by atoms with van der Waals surface area (Å²) in [5, 5.41) is 3.39. The molecule has 1 heterocycles. The van der Waals surface area contributed by atoms with E-state index in [1.165, 1.54) is 7.11 Å². The van der Waals surface area contributed by atoms with Crippen LogP contribution in [0.15, 0.2) is 18.2 Å². The van der Waals surface area contributed by atoms with Crippen LogP contribution in [-0.2, 0) is 16.6 Å². The van der Waals surface area contributed by atoms with Crippen LogP contribution >= 0.6 is 0 Å². The molecule has 0 spiro atoms. The van der Waals surface area contributed by atoms with Crippen molar-refractivity contribution in [1.82, 2.24) is 4.57 Å². The van der Waals surface area contributed by atoms with Gasteiger partial charge in [0.05, 0.1) is 18.3 Å². The first-order valence-electron chi connectivity index (χ1n) is 5.47. The van der Waals surface area contributed by atoms with Crippen LogP contribution in [0.1, 0.15) is 16.1 Å².